The number of anilines is 1. The maximum absolute atomic E-state index is 4.39. The van der Waals surface area contributed by atoms with E-state index in [2.05, 4.69) is 43.2 Å². The fourth-order valence-corrected chi connectivity index (χ4v) is 3.18. The van der Waals surface area contributed by atoms with E-state index in [4.69, 9.17) is 0 Å². The zero-order valence-electron chi connectivity index (χ0n) is 12.9. The SMILES string of the molecule is CN(CCn1cncn1)C1CN(c2cc3c(nn2)CCC3)C1. The summed E-state index contributed by atoms with van der Waals surface area (Å²) in [5.41, 5.74) is 2.60. The summed E-state index contributed by atoms with van der Waals surface area (Å²) in [5, 5.41) is 12.9. The molecule has 0 unspecified atom stereocenters. The predicted octanol–water partition coefficient (Wildman–Crippen LogP) is 0.377. The number of hydrogen-bond acceptors (Lipinski definition) is 6. The molecule has 22 heavy (non-hydrogen) atoms. The van der Waals surface area contributed by atoms with Gasteiger partial charge in [0.2, 0.25) is 0 Å². The summed E-state index contributed by atoms with van der Waals surface area (Å²) in [6.07, 6.45) is 6.82. The molecule has 7 heteroatoms. The van der Waals surface area contributed by atoms with Crippen molar-refractivity contribution in [2.75, 3.05) is 31.6 Å². The highest BCUT2D eigenvalue weighted by Crippen LogP contribution is 2.26. The van der Waals surface area contributed by atoms with E-state index in [1.54, 1.807) is 12.7 Å². The molecule has 0 atom stereocenters. The van der Waals surface area contributed by atoms with Gasteiger partial charge in [-0.25, -0.2) is 4.98 Å². The molecular weight excluding hydrogens is 278 g/mol. The fraction of sp³-hybridized carbons (Fsp3) is 0.600. The Morgan fingerprint density at radius 3 is 3.00 bits per heavy atom. The number of fused-ring (bicyclic) bond motifs is 1. The number of nitrogens with zero attached hydrogens (tertiary/aromatic N) is 7. The molecule has 0 radical (unpaired) electrons. The largest absolute Gasteiger partial charge is 0.352 e. The van der Waals surface area contributed by atoms with Crippen molar-refractivity contribution in [3.8, 4) is 0 Å². The average Bonchev–Trinajstić information content (AvgIpc) is 3.14. The Hall–Kier alpha value is -2.02. The van der Waals surface area contributed by atoms with Crippen molar-refractivity contribution in [2.24, 2.45) is 0 Å². The van der Waals surface area contributed by atoms with Gasteiger partial charge in [0.15, 0.2) is 5.82 Å². The molecule has 116 valence electrons. The van der Waals surface area contributed by atoms with E-state index in [0.29, 0.717) is 6.04 Å². The molecule has 2 aliphatic rings. The molecule has 0 bridgehead atoms. The summed E-state index contributed by atoms with van der Waals surface area (Å²) in [7, 11) is 2.17. The van der Waals surface area contributed by atoms with E-state index >= 15 is 0 Å². The third-order valence-corrected chi connectivity index (χ3v) is 4.76. The Bertz CT molecular complexity index is 633. The smallest absolute Gasteiger partial charge is 0.151 e. The van der Waals surface area contributed by atoms with Crippen LogP contribution in [-0.4, -0.2) is 62.6 Å². The van der Waals surface area contributed by atoms with E-state index in [1.165, 1.54) is 17.7 Å². The monoisotopic (exact) mass is 299 g/mol. The zero-order chi connectivity index (χ0) is 14.9. The molecular formula is C15H21N7. The van der Waals surface area contributed by atoms with Gasteiger partial charge in [-0.15, -0.1) is 5.10 Å². The van der Waals surface area contributed by atoms with Gasteiger partial charge in [0.25, 0.3) is 0 Å². The lowest BCUT2D eigenvalue weighted by Gasteiger charge is -2.44. The quantitative estimate of drug-likeness (QED) is 0.795. The minimum atomic E-state index is 0.582. The van der Waals surface area contributed by atoms with Crippen LogP contribution < -0.4 is 4.90 Å². The van der Waals surface area contributed by atoms with Crippen LogP contribution in [0.4, 0.5) is 5.82 Å². The van der Waals surface area contributed by atoms with Gasteiger partial charge >= 0.3 is 0 Å². The first-order valence-electron chi connectivity index (χ1n) is 7.92. The fourth-order valence-electron chi connectivity index (χ4n) is 3.18. The molecule has 2 aromatic heterocycles. The highest BCUT2D eigenvalue weighted by atomic mass is 15.4. The number of aromatic nitrogens is 5. The minimum absolute atomic E-state index is 0.582. The molecule has 7 nitrogen and oxygen atoms in total. The van der Waals surface area contributed by atoms with Crippen molar-refractivity contribution in [1.29, 1.82) is 0 Å². The van der Waals surface area contributed by atoms with Gasteiger partial charge in [0, 0.05) is 25.7 Å². The first kappa shape index (κ1) is 13.6. The first-order valence-corrected chi connectivity index (χ1v) is 7.92. The predicted molar refractivity (Wildman–Crippen MR) is 82.7 cm³/mol. The van der Waals surface area contributed by atoms with Crippen LogP contribution >= 0.6 is 0 Å². The lowest BCUT2D eigenvalue weighted by molar-refractivity contribution is 0.195. The van der Waals surface area contributed by atoms with Crippen LogP contribution in [0.5, 0.6) is 0 Å². The van der Waals surface area contributed by atoms with E-state index in [1.807, 2.05) is 4.68 Å². The van der Waals surface area contributed by atoms with Crippen LogP contribution in [0.1, 0.15) is 17.7 Å². The van der Waals surface area contributed by atoms with Crippen LogP contribution in [0.2, 0.25) is 0 Å². The first-order chi connectivity index (χ1) is 10.8. The second-order valence-electron chi connectivity index (χ2n) is 6.23. The van der Waals surface area contributed by atoms with Crippen LogP contribution in [0.3, 0.4) is 0 Å². The third kappa shape index (κ3) is 2.56. The van der Waals surface area contributed by atoms with E-state index < -0.39 is 0 Å². The van der Waals surface area contributed by atoms with Gasteiger partial charge in [0.05, 0.1) is 12.2 Å². The maximum Gasteiger partial charge on any atom is 0.151 e. The van der Waals surface area contributed by atoms with E-state index in [-0.39, 0.29) is 0 Å². The molecule has 0 spiro atoms. The molecule has 4 rings (SSSR count). The lowest BCUT2D eigenvalue weighted by atomic mass is 10.1. The van der Waals surface area contributed by atoms with Crippen molar-refractivity contribution < 1.29 is 0 Å². The van der Waals surface area contributed by atoms with Gasteiger partial charge in [-0.3, -0.25) is 9.58 Å². The van der Waals surface area contributed by atoms with Crippen LogP contribution in [-0.2, 0) is 19.4 Å². The number of aryl methyl sites for hydroxylation is 2. The average molecular weight is 299 g/mol. The number of rotatable bonds is 5. The molecule has 3 heterocycles. The molecule has 1 aliphatic heterocycles. The Morgan fingerprint density at radius 2 is 2.18 bits per heavy atom. The topological polar surface area (TPSA) is 63.0 Å². The zero-order valence-corrected chi connectivity index (χ0v) is 12.9. The van der Waals surface area contributed by atoms with Crippen molar-refractivity contribution in [3.63, 3.8) is 0 Å². The van der Waals surface area contributed by atoms with Gasteiger partial charge in [-0.1, -0.05) is 0 Å². The van der Waals surface area contributed by atoms with Gasteiger partial charge < -0.3 is 4.90 Å². The summed E-state index contributed by atoms with van der Waals surface area (Å²) >= 11 is 0. The Labute approximate surface area is 130 Å². The van der Waals surface area contributed by atoms with Crippen molar-refractivity contribution >= 4 is 5.82 Å². The highest BCUT2D eigenvalue weighted by Gasteiger charge is 2.31. The van der Waals surface area contributed by atoms with Crippen LogP contribution in [0.25, 0.3) is 0 Å². The van der Waals surface area contributed by atoms with Crippen molar-refractivity contribution in [2.45, 2.75) is 31.8 Å². The van der Waals surface area contributed by atoms with E-state index in [0.717, 1.165) is 44.8 Å². The molecule has 1 aliphatic carbocycles. The summed E-state index contributed by atoms with van der Waals surface area (Å²) < 4.78 is 1.87. The summed E-state index contributed by atoms with van der Waals surface area (Å²) in [4.78, 5) is 8.68. The Balaban J connectivity index is 1.30. The van der Waals surface area contributed by atoms with Gasteiger partial charge in [-0.2, -0.15) is 10.2 Å². The second kappa shape index (κ2) is 5.64. The molecule has 0 N–H and O–H groups in total. The molecule has 0 saturated carbocycles. The van der Waals surface area contributed by atoms with Crippen molar-refractivity contribution in [1.82, 2.24) is 29.9 Å². The third-order valence-electron chi connectivity index (χ3n) is 4.76. The highest BCUT2D eigenvalue weighted by molar-refractivity contribution is 5.45. The standard InChI is InChI=1S/C15H21N7/c1-20(5-6-22-11-16-10-17-22)13-8-21(9-13)15-7-12-3-2-4-14(12)18-19-15/h7,10-11,13H,2-6,8-9H2,1H3. The minimum Gasteiger partial charge on any atom is -0.352 e. The Morgan fingerprint density at radius 1 is 1.27 bits per heavy atom. The molecule has 0 aromatic carbocycles. The van der Waals surface area contributed by atoms with E-state index in [9.17, 15) is 0 Å². The van der Waals surface area contributed by atoms with Gasteiger partial charge in [0.1, 0.15) is 12.7 Å². The molecule has 1 fully saturated rings. The van der Waals surface area contributed by atoms with Crippen LogP contribution in [0.15, 0.2) is 18.7 Å². The maximum atomic E-state index is 4.39. The summed E-state index contributed by atoms with van der Waals surface area (Å²) in [6.45, 7) is 3.92. The molecule has 0 amide bonds. The molecule has 1 saturated heterocycles. The lowest BCUT2D eigenvalue weighted by Crippen LogP contribution is -2.59. The van der Waals surface area contributed by atoms with Crippen LogP contribution in [0, 0.1) is 0 Å². The van der Waals surface area contributed by atoms with Crippen molar-refractivity contribution in [3.05, 3.63) is 30.0 Å². The number of hydrogen-bond donors (Lipinski definition) is 0. The second-order valence-corrected chi connectivity index (χ2v) is 6.23. The normalized spacial score (nSPS) is 17.8. The number of likely N-dealkylation sites (N-methyl/N-ethyl adjacent to an activating group) is 1. The van der Waals surface area contributed by atoms with Gasteiger partial charge in [-0.05, 0) is 37.9 Å². The molecule has 2 aromatic rings. The Kier molecular flexibility index (Phi) is 3.49. The summed E-state index contributed by atoms with van der Waals surface area (Å²) in [6, 6.07) is 2.82. The summed E-state index contributed by atoms with van der Waals surface area (Å²) in [5.74, 6) is 1.04.